The monoisotopic (exact) mass is 452 g/mol. The molecule has 2 heterocycles. The van der Waals surface area contributed by atoms with Gasteiger partial charge in [0.25, 0.3) is 0 Å². The summed E-state index contributed by atoms with van der Waals surface area (Å²) >= 11 is 0. The average molecular weight is 453 g/mol. The van der Waals surface area contributed by atoms with Crippen LogP contribution < -0.4 is 14.2 Å². The van der Waals surface area contributed by atoms with Crippen LogP contribution >= 0.6 is 0 Å². The van der Waals surface area contributed by atoms with Crippen molar-refractivity contribution in [2.24, 2.45) is 5.14 Å². The molecule has 1 amide bonds. The number of hydrogen-bond acceptors (Lipinski definition) is 6. The predicted octanol–water partition coefficient (Wildman–Crippen LogP) is 2.05. The Labute approximate surface area is 186 Å². The zero-order chi connectivity index (χ0) is 22.8. The molecule has 2 atom stereocenters. The first-order valence-corrected chi connectivity index (χ1v) is 12.8. The van der Waals surface area contributed by atoms with Crippen LogP contribution in [0.15, 0.2) is 12.1 Å². The van der Waals surface area contributed by atoms with Crippen LogP contribution in [0.1, 0.15) is 51.2 Å². The maximum atomic E-state index is 13.2. The van der Waals surface area contributed by atoms with E-state index in [2.05, 4.69) is 23.6 Å². The molecule has 2 aliphatic heterocycles. The van der Waals surface area contributed by atoms with Gasteiger partial charge in [0.1, 0.15) is 0 Å². The number of carbonyl (C=O) groups is 1. The molecule has 1 unspecified atom stereocenters. The normalized spacial score (nSPS) is 21.4. The number of rotatable bonds is 7. The fourth-order valence-corrected chi connectivity index (χ4v) is 5.11. The van der Waals surface area contributed by atoms with E-state index in [-0.39, 0.29) is 17.7 Å². The van der Waals surface area contributed by atoms with Crippen molar-refractivity contribution in [2.75, 3.05) is 37.6 Å². The summed E-state index contributed by atoms with van der Waals surface area (Å²) in [6.07, 6.45) is 3.80. The van der Waals surface area contributed by atoms with E-state index in [1.165, 1.54) is 0 Å². The van der Waals surface area contributed by atoms with Crippen molar-refractivity contribution in [3.8, 4) is 5.75 Å². The average Bonchev–Trinajstić information content (AvgIpc) is 3.22. The van der Waals surface area contributed by atoms with Crippen LogP contribution in [0.4, 0.5) is 5.69 Å². The highest BCUT2D eigenvalue weighted by molar-refractivity contribution is 7.84. The highest BCUT2D eigenvalue weighted by atomic mass is 32.2. The van der Waals surface area contributed by atoms with Crippen LogP contribution in [0.25, 0.3) is 0 Å². The lowest BCUT2D eigenvalue weighted by Crippen LogP contribution is -2.54. The summed E-state index contributed by atoms with van der Waals surface area (Å²) in [7, 11) is -4.13. The highest BCUT2D eigenvalue weighted by Gasteiger charge is 2.36. The van der Waals surface area contributed by atoms with Crippen LogP contribution in [0, 0.1) is 6.92 Å². The number of nitrogens with zero attached hydrogens (tertiary/aromatic N) is 3. The van der Waals surface area contributed by atoms with Gasteiger partial charge in [-0.15, -0.1) is 0 Å². The predicted molar refractivity (Wildman–Crippen MR) is 123 cm³/mol. The van der Waals surface area contributed by atoms with Gasteiger partial charge in [-0.1, -0.05) is 13.8 Å². The van der Waals surface area contributed by atoms with Gasteiger partial charge in [0.15, 0.2) is 5.75 Å². The molecular formula is C22H36N4O4S. The molecule has 2 saturated heterocycles. The van der Waals surface area contributed by atoms with Gasteiger partial charge >= 0.3 is 10.3 Å². The number of piperazine rings is 1. The summed E-state index contributed by atoms with van der Waals surface area (Å²) in [4.78, 5) is 19.6. The molecule has 8 nitrogen and oxygen atoms in total. The number of nitrogens with two attached hydrogens (primary N) is 1. The Morgan fingerprint density at radius 2 is 1.87 bits per heavy atom. The number of amides is 1. The molecule has 2 aliphatic rings. The van der Waals surface area contributed by atoms with E-state index >= 15 is 0 Å². The van der Waals surface area contributed by atoms with Crippen molar-refractivity contribution in [3.05, 3.63) is 23.3 Å². The molecule has 3 rings (SSSR count). The Morgan fingerprint density at radius 1 is 1.19 bits per heavy atom. The van der Waals surface area contributed by atoms with Crippen LogP contribution in [-0.4, -0.2) is 68.9 Å². The number of carbonyl (C=O) groups excluding carboxylic acids is 1. The van der Waals surface area contributed by atoms with E-state index in [4.69, 9.17) is 9.32 Å². The molecule has 0 aromatic heterocycles. The Balaban J connectivity index is 1.73. The zero-order valence-corrected chi connectivity index (χ0v) is 20.0. The number of benzene rings is 1. The maximum absolute atomic E-state index is 13.2. The minimum Gasteiger partial charge on any atom is -0.369 e. The molecule has 0 saturated carbocycles. The van der Waals surface area contributed by atoms with E-state index in [0.29, 0.717) is 37.9 Å². The molecule has 2 N–H and O–H groups in total. The SMILES string of the molecule is CCc1cc(OS(N)(=O)=O)c(N2CCN(C(=O)[C@@H]3CCCN3C(C)CC)CC2)cc1C. The van der Waals surface area contributed by atoms with Crippen LogP contribution in [-0.2, 0) is 21.5 Å². The molecule has 0 radical (unpaired) electrons. The lowest BCUT2D eigenvalue weighted by molar-refractivity contribution is -0.137. The van der Waals surface area contributed by atoms with Crippen molar-refractivity contribution < 1.29 is 17.4 Å². The van der Waals surface area contributed by atoms with E-state index in [0.717, 1.165) is 43.4 Å². The molecule has 0 aliphatic carbocycles. The van der Waals surface area contributed by atoms with Gasteiger partial charge in [0, 0.05) is 32.2 Å². The Hall–Kier alpha value is -1.84. The van der Waals surface area contributed by atoms with Crippen molar-refractivity contribution in [2.45, 2.75) is 65.5 Å². The van der Waals surface area contributed by atoms with Crippen molar-refractivity contribution in [3.63, 3.8) is 0 Å². The molecule has 174 valence electrons. The highest BCUT2D eigenvalue weighted by Crippen LogP contribution is 2.34. The van der Waals surface area contributed by atoms with Crippen molar-refractivity contribution in [1.29, 1.82) is 0 Å². The molecular weight excluding hydrogens is 416 g/mol. The number of aryl methyl sites for hydroxylation is 2. The minimum atomic E-state index is -4.13. The summed E-state index contributed by atoms with van der Waals surface area (Å²) in [6.45, 7) is 11.8. The second kappa shape index (κ2) is 9.75. The molecule has 0 spiro atoms. The topological polar surface area (TPSA) is 96.2 Å². The van der Waals surface area contributed by atoms with E-state index < -0.39 is 10.3 Å². The Kier molecular flexibility index (Phi) is 7.49. The third kappa shape index (κ3) is 5.51. The second-order valence-electron chi connectivity index (χ2n) is 8.64. The van der Waals surface area contributed by atoms with Gasteiger partial charge in [-0.3, -0.25) is 9.69 Å². The standard InChI is InChI=1S/C22H36N4O4S/c1-5-17(4)26-9-7-8-19(26)22(27)25-12-10-24(11-13-25)20-14-16(3)18(6-2)15-21(20)30-31(23,28)29/h14-15,17,19H,5-13H2,1-4H3,(H2,23,28,29)/t17?,19-/m0/s1. The maximum Gasteiger partial charge on any atom is 0.380 e. The first-order valence-electron chi connectivity index (χ1n) is 11.3. The molecule has 1 aromatic rings. The van der Waals surface area contributed by atoms with Crippen molar-refractivity contribution >= 4 is 21.9 Å². The van der Waals surface area contributed by atoms with Gasteiger partial charge in [-0.2, -0.15) is 13.6 Å². The lowest BCUT2D eigenvalue weighted by atomic mass is 10.0. The van der Waals surface area contributed by atoms with Crippen LogP contribution in [0.3, 0.4) is 0 Å². The molecule has 1 aromatic carbocycles. The van der Waals surface area contributed by atoms with Crippen molar-refractivity contribution in [1.82, 2.24) is 9.80 Å². The summed E-state index contributed by atoms with van der Waals surface area (Å²) in [5, 5.41) is 5.15. The second-order valence-corrected chi connectivity index (χ2v) is 9.79. The number of hydrogen-bond donors (Lipinski definition) is 1. The molecule has 2 fully saturated rings. The third-order valence-corrected chi connectivity index (χ3v) is 7.08. The zero-order valence-electron chi connectivity index (χ0n) is 19.1. The Bertz CT molecular complexity index is 897. The fourth-order valence-electron chi connectivity index (χ4n) is 4.73. The summed E-state index contributed by atoms with van der Waals surface area (Å²) < 4.78 is 28.3. The summed E-state index contributed by atoms with van der Waals surface area (Å²) in [5.41, 5.74) is 2.80. The van der Waals surface area contributed by atoms with Gasteiger partial charge in [-0.05, 0) is 69.3 Å². The third-order valence-electron chi connectivity index (χ3n) is 6.67. The largest absolute Gasteiger partial charge is 0.380 e. The van der Waals surface area contributed by atoms with E-state index in [1.807, 2.05) is 24.8 Å². The minimum absolute atomic E-state index is 0.0196. The molecule has 31 heavy (non-hydrogen) atoms. The van der Waals surface area contributed by atoms with Gasteiger partial charge in [-0.25, -0.2) is 0 Å². The van der Waals surface area contributed by atoms with Crippen LogP contribution in [0.5, 0.6) is 5.75 Å². The number of anilines is 1. The summed E-state index contributed by atoms with van der Waals surface area (Å²) in [6, 6.07) is 4.11. The van der Waals surface area contributed by atoms with Crippen LogP contribution in [0.2, 0.25) is 0 Å². The van der Waals surface area contributed by atoms with Gasteiger partial charge in [0.2, 0.25) is 5.91 Å². The fraction of sp³-hybridized carbons (Fsp3) is 0.682. The quantitative estimate of drug-likeness (QED) is 0.680. The van der Waals surface area contributed by atoms with E-state index in [1.54, 1.807) is 6.07 Å². The molecule has 9 heteroatoms. The van der Waals surface area contributed by atoms with Gasteiger partial charge < -0.3 is 14.0 Å². The summed E-state index contributed by atoms with van der Waals surface area (Å²) in [5.74, 6) is 0.472. The van der Waals surface area contributed by atoms with E-state index in [9.17, 15) is 13.2 Å². The first-order chi connectivity index (χ1) is 14.6. The number of likely N-dealkylation sites (tertiary alicyclic amines) is 1. The Morgan fingerprint density at radius 3 is 2.45 bits per heavy atom. The molecule has 0 bridgehead atoms. The smallest absolute Gasteiger partial charge is 0.369 e. The first kappa shape index (κ1) is 23.8. The lowest BCUT2D eigenvalue weighted by Gasteiger charge is -2.39. The van der Waals surface area contributed by atoms with Gasteiger partial charge in [0.05, 0.1) is 11.7 Å².